The molecule has 0 saturated carbocycles. The van der Waals surface area contributed by atoms with Crippen LogP contribution in [0.1, 0.15) is 25.3 Å². The van der Waals surface area contributed by atoms with Crippen molar-refractivity contribution in [3.8, 4) is 0 Å². The number of nitrogens with one attached hydrogen (secondary N) is 2. The lowest BCUT2D eigenvalue weighted by atomic mass is 9.98. The largest absolute Gasteiger partial charge is 0.357 e. The van der Waals surface area contributed by atoms with E-state index in [-0.39, 0.29) is 5.82 Å². The number of piperidine rings is 1. The number of halogens is 1. The summed E-state index contributed by atoms with van der Waals surface area (Å²) in [5.41, 5.74) is 1.07. The molecule has 1 fully saturated rings. The van der Waals surface area contributed by atoms with Gasteiger partial charge in [0.15, 0.2) is 5.96 Å². The highest BCUT2D eigenvalue weighted by atomic mass is 32.2. The summed E-state index contributed by atoms with van der Waals surface area (Å²) in [6.07, 6.45) is 3.73. The van der Waals surface area contributed by atoms with Crippen LogP contribution >= 0.6 is 0 Å². The number of hydrogen-bond donors (Lipinski definition) is 2. The lowest BCUT2D eigenvalue weighted by Gasteiger charge is -2.29. The topological polar surface area (TPSA) is 73.8 Å². The van der Waals surface area contributed by atoms with E-state index in [1.54, 1.807) is 16.4 Å². The summed E-state index contributed by atoms with van der Waals surface area (Å²) in [4.78, 5) is 4.64. The van der Waals surface area contributed by atoms with Gasteiger partial charge in [-0.2, -0.15) is 0 Å². The minimum Gasteiger partial charge on any atom is -0.357 e. The Balaban J connectivity index is 1.78. The maximum Gasteiger partial charge on any atom is 0.211 e. The first-order chi connectivity index (χ1) is 12.4. The van der Waals surface area contributed by atoms with Crippen molar-refractivity contribution in [1.29, 1.82) is 0 Å². The number of aliphatic imine (C=N–C) groups is 1. The predicted molar refractivity (Wildman–Crippen MR) is 103 cm³/mol. The van der Waals surface area contributed by atoms with Crippen molar-refractivity contribution < 1.29 is 12.8 Å². The Labute approximate surface area is 155 Å². The number of sulfonamides is 1. The van der Waals surface area contributed by atoms with Crippen LogP contribution in [-0.4, -0.2) is 57.7 Å². The molecule has 1 aromatic carbocycles. The first kappa shape index (κ1) is 20.6. The van der Waals surface area contributed by atoms with Crippen molar-refractivity contribution in [2.45, 2.75) is 26.2 Å². The third-order valence-corrected chi connectivity index (χ3v) is 5.82. The summed E-state index contributed by atoms with van der Waals surface area (Å²) in [7, 11) is -3.08. The molecule has 2 rings (SSSR count). The fourth-order valence-corrected chi connectivity index (χ4v) is 3.84. The van der Waals surface area contributed by atoms with E-state index in [4.69, 9.17) is 0 Å². The second kappa shape index (κ2) is 9.87. The van der Waals surface area contributed by atoms with Gasteiger partial charge in [0.2, 0.25) is 10.0 Å². The van der Waals surface area contributed by atoms with Gasteiger partial charge in [-0.25, -0.2) is 17.1 Å². The Kier molecular flexibility index (Phi) is 7.84. The minimum atomic E-state index is -3.08. The molecule has 0 aliphatic carbocycles. The minimum absolute atomic E-state index is 0.224. The highest BCUT2D eigenvalue weighted by Gasteiger charge is 2.24. The van der Waals surface area contributed by atoms with Gasteiger partial charge in [-0.05, 0) is 49.8 Å². The molecule has 0 bridgehead atoms. The van der Waals surface area contributed by atoms with Crippen molar-refractivity contribution >= 4 is 16.0 Å². The molecule has 1 aliphatic heterocycles. The Morgan fingerprint density at radius 3 is 2.46 bits per heavy atom. The van der Waals surface area contributed by atoms with Crippen LogP contribution in [0.2, 0.25) is 0 Å². The summed E-state index contributed by atoms with van der Waals surface area (Å²) >= 11 is 0. The van der Waals surface area contributed by atoms with Gasteiger partial charge in [0.25, 0.3) is 0 Å². The smallest absolute Gasteiger partial charge is 0.211 e. The molecule has 2 N–H and O–H groups in total. The van der Waals surface area contributed by atoms with Crippen LogP contribution in [0, 0.1) is 11.7 Å². The van der Waals surface area contributed by atoms with Crippen LogP contribution in [0.4, 0.5) is 4.39 Å². The van der Waals surface area contributed by atoms with Gasteiger partial charge in [-0.3, -0.25) is 4.99 Å². The molecule has 1 saturated heterocycles. The first-order valence-corrected chi connectivity index (χ1v) is 10.9. The lowest BCUT2D eigenvalue weighted by Crippen LogP contribution is -2.40. The van der Waals surface area contributed by atoms with Gasteiger partial charge in [0.1, 0.15) is 5.82 Å². The first-order valence-electron chi connectivity index (χ1n) is 9.10. The third kappa shape index (κ3) is 6.92. The monoisotopic (exact) mass is 384 g/mol. The summed E-state index contributed by atoms with van der Waals surface area (Å²) in [5, 5.41) is 6.52. The summed E-state index contributed by atoms with van der Waals surface area (Å²) < 4.78 is 37.6. The van der Waals surface area contributed by atoms with Gasteiger partial charge in [-0.15, -0.1) is 0 Å². The number of benzene rings is 1. The molecule has 0 spiro atoms. The average molecular weight is 385 g/mol. The third-order valence-electron chi connectivity index (χ3n) is 4.51. The standard InChI is InChI=1S/C18H29FN4O2S/c1-3-20-18(21-11-8-15-4-6-17(19)7-5-15)22-14-16-9-12-23(13-10-16)26(2,24)25/h4-7,16H,3,8-14H2,1-2H3,(H2,20,21,22). The second-order valence-corrected chi connectivity index (χ2v) is 8.61. The molecule has 0 unspecified atom stereocenters. The van der Waals surface area contributed by atoms with E-state index in [0.717, 1.165) is 37.3 Å². The van der Waals surface area contributed by atoms with Crippen molar-refractivity contribution in [2.75, 3.05) is 39.0 Å². The quantitative estimate of drug-likeness (QED) is 0.553. The Bertz CT molecular complexity index is 684. The molecule has 1 heterocycles. The van der Waals surface area contributed by atoms with Crippen LogP contribution in [0.25, 0.3) is 0 Å². The van der Waals surface area contributed by atoms with E-state index in [1.807, 2.05) is 6.92 Å². The molecule has 1 aliphatic rings. The highest BCUT2D eigenvalue weighted by molar-refractivity contribution is 7.88. The van der Waals surface area contributed by atoms with Crippen LogP contribution in [0.5, 0.6) is 0 Å². The van der Waals surface area contributed by atoms with Crippen LogP contribution in [0.15, 0.2) is 29.3 Å². The second-order valence-electron chi connectivity index (χ2n) is 6.63. The maximum atomic E-state index is 12.9. The number of hydrogen-bond acceptors (Lipinski definition) is 3. The number of nitrogens with zero attached hydrogens (tertiary/aromatic N) is 2. The Morgan fingerprint density at radius 1 is 1.23 bits per heavy atom. The molecule has 8 heteroatoms. The van der Waals surface area contributed by atoms with Crippen LogP contribution in [0.3, 0.4) is 0 Å². The molecule has 6 nitrogen and oxygen atoms in total. The van der Waals surface area contributed by atoms with Gasteiger partial charge < -0.3 is 10.6 Å². The molecule has 0 amide bonds. The van der Waals surface area contributed by atoms with Gasteiger partial charge >= 0.3 is 0 Å². The fraction of sp³-hybridized carbons (Fsp3) is 0.611. The van der Waals surface area contributed by atoms with Crippen LogP contribution in [-0.2, 0) is 16.4 Å². The van der Waals surface area contributed by atoms with Gasteiger partial charge in [-0.1, -0.05) is 12.1 Å². The lowest BCUT2D eigenvalue weighted by molar-refractivity contribution is 0.280. The van der Waals surface area contributed by atoms with E-state index in [2.05, 4.69) is 15.6 Å². The van der Waals surface area contributed by atoms with Gasteiger partial charge in [0, 0.05) is 32.7 Å². The number of guanidine groups is 1. The van der Waals surface area contributed by atoms with Crippen molar-refractivity contribution in [3.05, 3.63) is 35.6 Å². The molecule has 0 aromatic heterocycles. The van der Waals surface area contributed by atoms with E-state index in [9.17, 15) is 12.8 Å². The molecule has 146 valence electrons. The maximum absolute atomic E-state index is 12.9. The Hall–Kier alpha value is -1.67. The number of rotatable bonds is 7. The van der Waals surface area contributed by atoms with Crippen molar-refractivity contribution in [2.24, 2.45) is 10.9 Å². The zero-order valence-electron chi connectivity index (χ0n) is 15.5. The molecule has 0 atom stereocenters. The van der Waals surface area contributed by atoms with Crippen molar-refractivity contribution in [3.63, 3.8) is 0 Å². The van der Waals surface area contributed by atoms with Crippen molar-refractivity contribution in [1.82, 2.24) is 14.9 Å². The molecule has 0 radical (unpaired) electrons. The SMILES string of the molecule is CCNC(=NCC1CCN(S(C)(=O)=O)CC1)NCCc1ccc(F)cc1. The predicted octanol–water partition coefficient (Wildman–Crippen LogP) is 1.59. The molecule has 26 heavy (non-hydrogen) atoms. The summed E-state index contributed by atoms with van der Waals surface area (Å²) in [6.45, 7) is 5.34. The van der Waals surface area contributed by atoms with E-state index >= 15 is 0 Å². The Morgan fingerprint density at radius 2 is 1.88 bits per heavy atom. The summed E-state index contributed by atoms with van der Waals surface area (Å²) in [5.74, 6) is 0.944. The molecular formula is C18H29FN4O2S. The summed E-state index contributed by atoms with van der Waals surface area (Å²) in [6, 6.07) is 6.52. The molecular weight excluding hydrogens is 355 g/mol. The normalized spacial score (nSPS) is 17.3. The molecule has 1 aromatic rings. The van der Waals surface area contributed by atoms with E-state index in [1.165, 1.54) is 18.4 Å². The van der Waals surface area contributed by atoms with Crippen LogP contribution < -0.4 is 10.6 Å². The van der Waals surface area contributed by atoms with E-state index in [0.29, 0.717) is 32.1 Å². The fourth-order valence-electron chi connectivity index (χ4n) is 2.96. The van der Waals surface area contributed by atoms with E-state index < -0.39 is 10.0 Å². The highest BCUT2D eigenvalue weighted by Crippen LogP contribution is 2.19. The zero-order chi connectivity index (χ0) is 19.0. The van der Waals surface area contributed by atoms with Gasteiger partial charge in [0.05, 0.1) is 6.26 Å². The average Bonchev–Trinajstić information content (AvgIpc) is 2.61. The zero-order valence-corrected chi connectivity index (χ0v) is 16.4.